The molecule has 2 heterocycles. The maximum atomic E-state index is 9.37. The number of benzene rings is 1. The number of nitrogens with one attached hydrogen (secondary N) is 1. The molecule has 1 aliphatic heterocycles. The van der Waals surface area contributed by atoms with Gasteiger partial charge in [-0.2, -0.15) is 10.4 Å². The van der Waals surface area contributed by atoms with Gasteiger partial charge in [0.15, 0.2) is 0 Å². The van der Waals surface area contributed by atoms with Crippen molar-refractivity contribution in [1.82, 2.24) is 9.78 Å². The Hall–Kier alpha value is -2.28. The summed E-state index contributed by atoms with van der Waals surface area (Å²) in [6, 6.07) is 11.8. The summed E-state index contributed by atoms with van der Waals surface area (Å²) < 4.78 is 2.07. The molecule has 1 fully saturated rings. The summed E-state index contributed by atoms with van der Waals surface area (Å²) in [5, 5.41) is 17.6. The Balaban J connectivity index is 1.71. The van der Waals surface area contributed by atoms with Crippen LogP contribution in [-0.2, 0) is 6.42 Å². The van der Waals surface area contributed by atoms with Crippen molar-refractivity contribution in [2.75, 3.05) is 5.32 Å². The molecule has 3 atom stereocenters. The van der Waals surface area contributed by atoms with Crippen molar-refractivity contribution >= 4 is 5.82 Å². The van der Waals surface area contributed by atoms with E-state index in [2.05, 4.69) is 45.4 Å². The molecule has 0 amide bonds. The zero-order valence-corrected chi connectivity index (χ0v) is 12.4. The first kappa shape index (κ1) is 12.3. The maximum Gasteiger partial charge on any atom is 0.143 e. The zero-order valence-electron chi connectivity index (χ0n) is 12.4. The average molecular weight is 290 g/mol. The summed E-state index contributed by atoms with van der Waals surface area (Å²) in [5.74, 6) is 2.28. The van der Waals surface area contributed by atoms with Gasteiger partial charge in [0.1, 0.15) is 17.5 Å². The van der Waals surface area contributed by atoms with E-state index in [1.54, 1.807) is 6.20 Å². The second kappa shape index (κ2) is 4.36. The molecule has 2 aliphatic carbocycles. The first-order valence-corrected chi connectivity index (χ1v) is 8.19. The number of nitrogens with zero attached hydrogens (tertiary/aromatic N) is 3. The van der Waals surface area contributed by atoms with Crippen LogP contribution in [0, 0.1) is 23.2 Å². The minimum absolute atomic E-state index is 0.286. The lowest BCUT2D eigenvalue weighted by atomic mass is 9.74. The number of rotatable bonds is 1. The predicted octanol–water partition coefficient (Wildman–Crippen LogP) is 3.11. The second-order valence-corrected chi connectivity index (χ2v) is 6.82. The molecule has 22 heavy (non-hydrogen) atoms. The Bertz CT molecular complexity index is 781. The minimum Gasteiger partial charge on any atom is -0.366 e. The quantitative estimate of drug-likeness (QED) is 0.878. The summed E-state index contributed by atoms with van der Waals surface area (Å²) in [6.07, 6.45) is 6.71. The Morgan fingerprint density at radius 1 is 1.23 bits per heavy atom. The fourth-order valence-corrected chi connectivity index (χ4v) is 4.44. The first-order chi connectivity index (χ1) is 10.9. The standard InChI is InChI=1S/C18H18N4/c19-9-13-10-20-22-17-14-4-2-1-3-11(14)7-8-15(17)16(12-5-6-12)21-18(13)22/h1-4,10,12,15-17,21H,5-8H2. The number of hydrogen-bond acceptors (Lipinski definition) is 3. The molecule has 2 aromatic rings. The van der Waals surface area contributed by atoms with Gasteiger partial charge in [-0.05, 0) is 42.7 Å². The van der Waals surface area contributed by atoms with Gasteiger partial charge in [-0.3, -0.25) is 0 Å². The highest BCUT2D eigenvalue weighted by molar-refractivity contribution is 5.56. The molecule has 5 rings (SSSR count). The maximum absolute atomic E-state index is 9.37. The summed E-state index contributed by atoms with van der Waals surface area (Å²) in [6.45, 7) is 0. The monoisotopic (exact) mass is 290 g/mol. The van der Waals surface area contributed by atoms with Crippen LogP contribution in [0.1, 0.15) is 42.0 Å². The van der Waals surface area contributed by atoms with E-state index in [1.807, 2.05) is 0 Å². The van der Waals surface area contributed by atoms with Gasteiger partial charge >= 0.3 is 0 Å². The van der Waals surface area contributed by atoms with E-state index in [9.17, 15) is 5.26 Å². The summed E-state index contributed by atoms with van der Waals surface area (Å²) >= 11 is 0. The summed E-state index contributed by atoms with van der Waals surface area (Å²) in [5.41, 5.74) is 3.52. The lowest BCUT2D eigenvalue weighted by Crippen LogP contribution is -2.45. The van der Waals surface area contributed by atoms with Gasteiger partial charge in [0.2, 0.25) is 0 Å². The first-order valence-electron chi connectivity index (χ1n) is 8.19. The number of aryl methyl sites for hydroxylation is 1. The number of fused-ring (bicyclic) bond motifs is 5. The molecule has 0 saturated heterocycles. The Morgan fingerprint density at radius 3 is 2.91 bits per heavy atom. The van der Waals surface area contributed by atoms with Crippen molar-refractivity contribution in [1.29, 1.82) is 5.26 Å². The van der Waals surface area contributed by atoms with E-state index in [0.29, 0.717) is 17.5 Å². The van der Waals surface area contributed by atoms with E-state index in [1.165, 1.54) is 30.4 Å². The normalized spacial score (nSPS) is 28.8. The molecular formula is C18H18N4. The van der Waals surface area contributed by atoms with Crippen molar-refractivity contribution in [3.8, 4) is 6.07 Å². The molecule has 3 unspecified atom stereocenters. The summed E-state index contributed by atoms with van der Waals surface area (Å²) in [7, 11) is 0. The third-order valence-corrected chi connectivity index (χ3v) is 5.60. The predicted molar refractivity (Wildman–Crippen MR) is 83.5 cm³/mol. The smallest absolute Gasteiger partial charge is 0.143 e. The molecule has 0 radical (unpaired) electrons. The van der Waals surface area contributed by atoms with E-state index >= 15 is 0 Å². The Kier molecular flexibility index (Phi) is 2.43. The molecule has 1 aromatic heterocycles. The Morgan fingerprint density at radius 2 is 2.09 bits per heavy atom. The van der Waals surface area contributed by atoms with Crippen LogP contribution in [0.4, 0.5) is 5.82 Å². The van der Waals surface area contributed by atoms with Crippen LogP contribution < -0.4 is 5.32 Å². The van der Waals surface area contributed by atoms with Crippen molar-refractivity contribution in [2.45, 2.75) is 37.8 Å². The fraction of sp³-hybridized carbons (Fsp3) is 0.444. The molecule has 4 nitrogen and oxygen atoms in total. The highest BCUT2D eigenvalue weighted by atomic mass is 15.4. The van der Waals surface area contributed by atoms with Crippen molar-refractivity contribution < 1.29 is 0 Å². The molecule has 0 spiro atoms. The topological polar surface area (TPSA) is 53.6 Å². The fourth-order valence-electron chi connectivity index (χ4n) is 4.44. The lowest BCUT2D eigenvalue weighted by Gasteiger charge is -2.44. The molecule has 4 heteroatoms. The minimum atomic E-state index is 0.286. The van der Waals surface area contributed by atoms with Crippen LogP contribution in [0.15, 0.2) is 30.5 Å². The van der Waals surface area contributed by atoms with Crippen LogP contribution in [0.25, 0.3) is 0 Å². The van der Waals surface area contributed by atoms with E-state index in [-0.39, 0.29) is 6.04 Å². The van der Waals surface area contributed by atoms with Gasteiger partial charge in [-0.1, -0.05) is 24.3 Å². The van der Waals surface area contributed by atoms with Gasteiger partial charge in [-0.15, -0.1) is 0 Å². The van der Waals surface area contributed by atoms with Gasteiger partial charge in [0, 0.05) is 12.0 Å². The molecular weight excluding hydrogens is 272 g/mol. The SMILES string of the molecule is N#Cc1cnn2c1NC(C1CC1)C1CCc3ccccc3C12. The number of anilines is 1. The molecule has 1 N–H and O–H groups in total. The van der Waals surface area contributed by atoms with Crippen molar-refractivity contribution in [3.63, 3.8) is 0 Å². The van der Waals surface area contributed by atoms with E-state index < -0.39 is 0 Å². The van der Waals surface area contributed by atoms with Crippen molar-refractivity contribution in [2.24, 2.45) is 11.8 Å². The largest absolute Gasteiger partial charge is 0.366 e. The molecule has 3 aliphatic rings. The van der Waals surface area contributed by atoms with Gasteiger partial charge in [0.05, 0.1) is 12.2 Å². The average Bonchev–Trinajstić information content (AvgIpc) is 3.33. The molecule has 0 bridgehead atoms. The molecule has 1 saturated carbocycles. The van der Waals surface area contributed by atoms with Gasteiger partial charge in [-0.25, -0.2) is 4.68 Å². The Labute approximate surface area is 129 Å². The van der Waals surface area contributed by atoms with Crippen LogP contribution in [0.2, 0.25) is 0 Å². The van der Waals surface area contributed by atoms with Crippen LogP contribution in [-0.4, -0.2) is 15.8 Å². The van der Waals surface area contributed by atoms with E-state index in [4.69, 9.17) is 0 Å². The van der Waals surface area contributed by atoms with Crippen LogP contribution in [0.5, 0.6) is 0 Å². The molecule has 1 aromatic carbocycles. The number of nitriles is 1. The lowest BCUT2D eigenvalue weighted by molar-refractivity contribution is 0.244. The van der Waals surface area contributed by atoms with Gasteiger partial charge in [0.25, 0.3) is 0 Å². The number of aromatic nitrogens is 2. The summed E-state index contributed by atoms with van der Waals surface area (Å²) in [4.78, 5) is 0. The molecule has 110 valence electrons. The van der Waals surface area contributed by atoms with E-state index in [0.717, 1.165) is 18.2 Å². The van der Waals surface area contributed by atoms with Crippen LogP contribution in [0.3, 0.4) is 0 Å². The second-order valence-electron chi connectivity index (χ2n) is 6.82. The third-order valence-electron chi connectivity index (χ3n) is 5.60. The zero-order chi connectivity index (χ0) is 14.7. The van der Waals surface area contributed by atoms with Crippen LogP contribution >= 0.6 is 0 Å². The number of hydrogen-bond donors (Lipinski definition) is 1. The highest BCUT2D eigenvalue weighted by Gasteiger charge is 2.47. The third kappa shape index (κ3) is 1.60. The van der Waals surface area contributed by atoms with Crippen molar-refractivity contribution in [3.05, 3.63) is 47.2 Å². The highest BCUT2D eigenvalue weighted by Crippen LogP contribution is 2.50. The van der Waals surface area contributed by atoms with Gasteiger partial charge < -0.3 is 5.32 Å².